The second kappa shape index (κ2) is 9.49. The van der Waals surface area contributed by atoms with Gasteiger partial charge in [0.1, 0.15) is 0 Å². The fourth-order valence-electron chi connectivity index (χ4n) is 5.04. The predicted octanol–water partition coefficient (Wildman–Crippen LogP) is 4.03. The lowest BCUT2D eigenvalue weighted by atomic mass is 9.86. The number of hydrogen-bond donors (Lipinski definition) is 0. The maximum absolute atomic E-state index is 12.6. The number of carbonyl (C=O) groups is 1. The molecule has 1 aliphatic carbocycles. The Bertz CT molecular complexity index is 863. The molecule has 0 bridgehead atoms. The summed E-state index contributed by atoms with van der Waals surface area (Å²) in [6.07, 6.45) is 9.93. The molecule has 5 rings (SSSR count). The van der Waals surface area contributed by atoms with Gasteiger partial charge in [-0.1, -0.05) is 24.6 Å². The highest BCUT2D eigenvalue weighted by molar-refractivity contribution is 5.94. The van der Waals surface area contributed by atoms with E-state index in [1.54, 1.807) is 0 Å². The first-order valence-electron chi connectivity index (χ1n) is 11.9. The molecule has 0 atom stereocenters. The van der Waals surface area contributed by atoms with Gasteiger partial charge in [0.15, 0.2) is 0 Å². The van der Waals surface area contributed by atoms with Crippen molar-refractivity contribution in [2.24, 2.45) is 5.92 Å². The van der Waals surface area contributed by atoms with Gasteiger partial charge >= 0.3 is 0 Å². The van der Waals surface area contributed by atoms with Gasteiger partial charge in [-0.15, -0.1) is 0 Å². The Morgan fingerprint density at radius 1 is 0.903 bits per heavy atom. The number of pyridine rings is 1. The van der Waals surface area contributed by atoms with Crippen LogP contribution >= 0.6 is 0 Å². The fourth-order valence-corrected chi connectivity index (χ4v) is 5.04. The lowest BCUT2D eigenvalue weighted by Crippen LogP contribution is -2.45. The summed E-state index contributed by atoms with van der Waals surface area (Å²) in [5.41, 5.74) is 4.15. The molecular weight excluding hydrogens is 386 g/mol. The number of carbonyl (C=O) groups excluding carboxylic acids is 1. The van der Waals surface area contributed by atoms with Crippen molar-refractivity contribution in [1.29, 1.82) is 0 Å². The van der Waals surface area contributed by atoms with Crippen LogP contribution in [-0.4, -0.2) is 66.1 Å². The molecule has 0 N–H and O–H groups in total. The standard InChI is InChI=1S/C26H33N3O2/c30-26(29-14-16-31-17-15-29)22-6-4-21(5-7-22)23-8-9-24(27-19-23)18-20-10-12-28(13-11-20)25-2-1-3-25/h4-9,19-20,25H,1-3,10-18H2. The Morgan fingerprint density at radius 3 is 2.23 bits per heavy atom. The van der Waals surface area contributed by atoms with Gasteiger partial charge in [-0.05, 0) is 74.9 Å². The monoisotopic (exact) mass is 419 g/mol. The minimum absolute atomic E-state index is 0.0895. The van der Waals surface area contributed by atoms with E-state index in [0.29, 0.717) is 26.3 Å². The van der Waals surface area contributed by atoms with Gasteiger partial charge in [0.05, 0.1) is 13.2 Å². The Morgan fingerprint density at radius 2 is 1.61 bits per heavy atom. The Kier molecular flexibility index (Phi) is 6.32. The van der Waals surface area contributed by atoms with E-state index in [-0.39, 0.29) is 5.91 Å². The molecule has 2 aliphatic heterocycles. The lowest BCUT2D eigenvalue weighted by molar-refractivity contribution is 0.0303. The molecule has 5 heteroatoms. The van der Waals surface area contributed by atoms with Crippen molar-refractivity contribution >= 4 is 5.91 Å². The number of benzene rings is 1. The minimum atomic E-state index is 0.0895. The summed E-state index contributed by atoms with van der Waals surface area (Å²) in [6, 6.07) is 13.1. The number of amides is 1. The first-order valence-corrected chi connectivity index (χ1v) is 11.9. The smallest absolute Gasteiger partial charge is 0.254 e. The number of rotatable bonds is 5. The minimum Gasteiger partial charge on any atom is -0.378 e. The number of nitrogens with zero attached hydrogens (tertiary/aromatic N) is 3. The highest BCUT2D eigenvalue weighted by atomic mass is 16.5. The molecule has 1 saturated carbocycles. The van der Waals surface area contributed by atoms with Crippen LogP contribution in [0.25, 0.3) is 11.1 Å². The van der Waals surface area contributed by atoms with Crippen LogP contribution in [0, 0.1) is 5.92 Å². The van der Waals surface area contributed by atoms with Crippen LogP contribution in [0.5, 0.6) is 0 Å². The van der Waals surface area contributed by atoms with E-state index >= 15 is 0 Å². The zero-order chi connectivity index (χ0) is 21.0. The van der Waals surface area contributed by atoms with Gasteiger partial charge in [0.25, 0.3) is 5.91 Å². The molecule has 1 aromatic carbocycles. The number of aromatic nitrogens is 1. The number of morpholine rings is 1. The Balaban J connectivity index is 1.16. The molecule has 3 heterocycles. The van der Waals surface area contributed by atoms with Crippen LogP contribution in [-0.2, 0) is 11.2 Å². The molecule has 0 unspecified atom stereocenters. The van der Waals surface area contributed by atoms with Crippen LogP contribution in [0.1, 0.15) is 48.2 Å². The van der Waals surface area contributed by atoms with Crippen molar-refractivity contribution in [3.63, 3.8) is 0 Å². The third-order valence-electron chi connectivity index (χ3n) is 7.33. The first-order chi connectivity index (χ1) is 15.3. The summed E-state index contributed by atoms with van der Waals surface area (Å²) in [4.78, 5) is 22.0. The average Bonchev–Trinajstić information content (AvgIpc) is 2.80. The van der Waals surface area contributed by atoms with Gasteiger partial charge in [-0.25, -0.2) is 0 Å². The third-order valence-corrected chi connectivity index (χ3v) is 7.33. The fraction of sp³-hybridized carbons (Fsp3) is 0.538. The largest absolute Gasteiger partial charge is 0.378 e. The van der Waals surface area contributed by atoms with E-state index in [2.05, 4.69) is 17.0 Å². The molecule has 1 aromatic heterocycles. The molecule has 164 valence electrons. The van der Waals surface area contributed by atoms with Gasteiger partial charge < -0.3 is 14.5 Å². The molecule has 3 fully saturated rings. The highest BCUT2D eigenvalue weighted by Gasteiger charge is 2.28. The molecule has 5 nitrogen and oxygen atoms in total. The van der Waals surface area contributed by atoms with E-state index in [0.717, 1.165) is 35.1 Å². The zero-order valence-corrected chi connectivity index (χ0v) is 18.3. The SMILES string of the molecule is O=C(c1ccc(-c2ccc(CC3CCN(C4CCC4)CC3)nc2)cc1)N1CCOCC1. The first kappa shape index (κ1) is 20.7. The molecule has 3 aliphatic rings. The molecule has 0 radical (unpaired) electrons. The van der Waals surface area contributed by atoms with Gasteiger partial charge in [-0.2, -0.15) is 0 Å². The quantitative estimate of drug-likeness (QED) is 0.734. The normalized spacial score (nSPS) is 21.1. The van der Waals surface area contributed by atoms with Crippen molar-refractivity contribution in [3.05, 3.63) is 53.9 Å². The van der Waals surface area contributed by atoms with E-state index in [1.165, 1.54) is 50.9 Å². The van der Waals surface area contributed by atoms with Crippen LogP contribution in [0.3, 0.4) is 0 Å². The van der Waals surface area contributed by atoms with Gasteiger partial charge in [0, 0.05) is 42.1 Å². The molecular formula is C26H33N3O2. The summed E-state index contributed by atoms with van der Waals surface area (Å²) < 4.78 is 5.34. The molecule has 2 saturated heterocycles. The van der Waals surface area contributed by atoms with Crippen LogP contribution in [0.15, 0.2) is 42.6 Å². The predicted molar refractivity (Wildman–Crippen MR) is 122 cm³/mol. The van der Waals surface area contributed by atoms with E-state index in [4.69, 9.17) is 9.72 Å². The lowest BCUT2D eigenvalue weighted by Gasteiger charge is -2.41. The molecule has 31 heavy (non-hydrogen) atoms. The number of ether oxygens (including phenoxy) is 1. The number of likely N-dealkylation sites (tertiary alicyclic amines) is 1. The zero-order valence-electron chi connectivity index (χ0n) is 18.3. The van der Waals surface area contributed by atoms with Crippen molar-refractivity contribution in [2.45, 2.75) is 44.6 Å². The topological polar surface area (TPSA) is 45.7 Å². The average molecular weight is 420 g/mol. The Hall–Kier alpha value is -2.24. The molecule has 2 aromatic rings. The molecule has 1 amide bonds. The van der Waals surface area contributed by atoms with Crippen molar-refractivity contribution in [1.82, 2.24) is 14.8 Å². The number of piperidine rings is 1. The second-order valence-electron chi connectivity index (χ2n) is 9.29. The third kappa shape index (κ3) is 4.83. The number of hydrogen-bond acceptors (Lipinski definition) is 4. The summed E-state index contributed by atoms with van der Waals surface area (Å²) in [5.74, 6) is 0.854. The van der Waals surface area contributed by atoms with Crippen LogP contribution in [0.2, 0.25) is 0 Å². The maximum atomic E-state index is 12.6. The van der Waals surface area contributed by atoms with Crippen molar-refractivity contribution < 1.29 is 9.53 Å². The summed E-state index contributed by atoms with van der Waals surface area (Å²) in [5, 5.41) is 0. The Labute approximate surface area is 185 Å². The maximum Gasteiger partial charge on any atom is 0.254 e. The second-order valence-corrected chi connectivity index (χ2v) is 9.29. The summed E-state index contributed by atoms with van der Waals surface area (Å²) in [6.45, 7) is 5.13. The molecule has 0 spiro atoms. The van der Waals surface area contributed by atoms with Gasteiger partial charge in [0.2, 0.25) is 0 Å². The van der Waals surface area contributed by atoms with Crippen molar-refractivity contribution in [2.75, 3.05) is 39.4 Å². The van der Waals surface area contributed by atoms with Gasteiger partial charge in [-0.3, -0.25) is 9.78 Å². The van der Waals surface area contributed by atoms with E-state index in [9.17, 15) is 4.79 Å². The van der Waals surface area contributed by atoms with E-state index < -0.39 is 0 Å². The van der Waals surface area contributed by atoms with E-state index in [1.807, 2.05) is 35.4 Å². The van der Waals surface area contributed by atoms with Crippen LogP contribution < -0.4 is 0 Å². The summed E-state index contributed by atoms with van der Waals surface area (Å²) in [7, 11) is 0. The highest BCUT2D eigenvalue weighted by Crippen LogP contribution is 2.30. The van der Waals surface area contributed by atoms with Crippen molar-refractivity contribution in [3.8, 4) is 11.1 Å². The van der Waals surface area contributed by atoms with Crippen LogP contribution in [0.4, 0.5) is 0 Å². The summed E-state index contributed by atoms with van der Waals surface area (Å²) >= 11 is 0.